The summed E-state index contributed by atoms with van der Waals surface area (Å²) >= 11 is 0. The third kappa shape index (κ3) is 3.18. The normalized spacial score (nSPS) is 31.9. The van der Waals surface area contributed by atoms with Crippen molar-refractivity contribution in [3.8, 4) is 0 Å². The van der Waals surface area contributed by atoms with E-state index in [-0.39, 0.29) is 0 Å². The molecule has 5 nitrogen and oxygen atoms in total. The summed E-state index contributed by atoms with van der Waals surface area (Å²) in [4.78, 5) is 14.1. The number of nitrogen functional groups attached to an aromatic ring is 1. The highest BCUT2D eigenvalue weighted by Crippen LogP contribution is 2.54. The van der Waals surface area contributed by atoms with Crippen molar-refractivity contribution in [3.05, 3.63) is 6.33 Å². The first-order chi connectivity index (χ1) is 11.9. The number of aromatic nitrogens is 2. The van der Waals surface area contributed by atoms with E-state index in [2.05, 4.69) is 40.5 Å². The van der Waals surface area contributed by atoms with Gasteiger partial charge in [-0.2, -0.15) is 0 Å². The molecule has 3 heterocycles. The molecule has 2 N–H and O–H groups in total. The van der Waals surface area contributed by atoms with Gasteiger partial charge in [-0.3, -0.25) is 0 Å². The van der Waals surface area contributed by atoms with Crippen LogP contribution in [0.25, 0.3) is 0 Å². The lowest BCUT2D eigenvalue weighted by Gasteiger charge is -2.39. The topological polar surface area (TPSA) is 58.3 Å². The van der Waals surface area contributed by atoms with Crippen molar-refractivity contribution >= 4 is 17.3 Å². The maximum absolute atomic E-state index is 6.63. The number of fused-ring (bicyclic) bond motifs is 2. The second-order valence-electron chi connectivity index (χ2n) is 9.68. The lowest BCUT2D eigenvalue weighted by Crippen LogP contribution is -2.35. The summed E-state index contributed by atoms with van der Waals surface area (Å²) in [5.74, 6) is 1.93. The summed E-state index contributed by atoms with van der Waals surface area (Å²) in [7, 11) is 0. The van der Waals surface area contributed by atoms with Crippen molar-refractivity contribution in [1.29, 1.82) is 0 Å². The molecule has 1 aliphatic carbocycles. The van der Waals surface area contributed by atoms with Gasteiger partial charge in [0.15, 0.2) is 11.6 Å². The molecule has 0 spiro atoms. The highest BCUT2D eigenvalue weighted by atomic mass is 15.3. The van der Waals surface area contributed by atoms with E-state index in [1.54, 1.807) is 6.33 Å². The third-order valence-corrected chi connectivity index (χ3v) is 6.43. The summed E-state index contributed by atoms with van der Waals surface area (Å²) in [5, 5.41) is 0. The number of nitrogens with two attached hydrogens (primary N) is 1. The Labute approximate surface area is 152 Å². The van der Waals surface area contributed by atoms with E-state index in [1.807, 2.05) is 0 Å². The molecule has 0 aromatic carbocycles. The molecule has 1 saturated carbocycles. The van der Waals surface area contributed by atoms with Gasteiger partial charge in [0, 0.05) is 25.7 Å². The Kier molecular flexibility index (Phi) is 4.08. The fraction of sp³-hybridized carbons (Fsp3) is 0.800. The molecule has 0 radical (unpaired) electrons. The Morgan fingerprint density at radius 1 is 1.00 bits per heavy atom. The number of hydrogen-bond acceptors (Lipinski definition) is 5. The number of nitrogens with zero attached hydrogens (tertiary/aromatic N) is 4. The molecule has 5 heteroatoms. The van der Waals surface area contributed by atoms with Crippen LogP contribution in [-0.2, 0) is 0 Å². The Balaban J connectivity index is 1.64. The monoisotopic (exact) mass is 343 g/mol. The van der Waals surface area contributed by atoms with Gasteiger partial charge in [-0.05, 0) is 42.9 Å². The molecular formula is C20H33N5. The third-order valence-electron chi connectivity index (χ3n) is 6.43. The molecule has 3 fully saturated rings. The lowest BCUT2D eigenvalue weighted by molar-refractivity contribution is 0.136. The molecule has 3 aliphatic rings. The number of hydrogen-bond donors (Lipinski definition) is 1. The zero-order valence-corrected chi connectivity index (χ0v) is 16.1. The van der Waals surface area contributed by atoms with E-state index in [1.165, 1.54) is 44.9 Å². The van der Waals surface area contributed by atoms with Crippen molar-refractivity contribution in [2.45, 2.75) is 71.8 Å². The van der Waals surface area contributed by atoms with Crippen LogP contribution in [0.2, 0.25) is 0 Å². The molecule has 0 amide bonds. The second kappa shape index (κ2) is 6.03. The zero-order chi connectivity index (χ0) is 17.7. The van der Waals surface area contributed by atoms with Crippen LogP contribution in [0.4, 0.5) is 17.3 Å². The first kappa shape index (κ1) is 16.9. The minimum Gasteiger partial charge on any atom is -0.393 e. The van der Waals surface area contributed by atoms with Gasteiger partial charge in [0.25, 0.3) is 0 Å². The van der Waals surface area contributed by atoms with Gasteiger partial charge in [0.1, 0.15) is 12.0 Å². The average Bonchev–Trinajstić information content (AvgIpc) is 2.71. The van der Waals surface area contributed by atoms with E-state index >= 15 is 0 Å². The molecule has 1 aromatic rings. The fourth-order valence-electron chi connectivity index (χ4n) is 5.85. The van der Waals surface area contributed by atoms with Crippen molar-refractivity contribution < 1.29 is 0 Å². The molecule has 1 aromatic heterocycles. The van der Waals surface area contributed by atoms with E-state index in [0.29, 0.717) is 16.9 Å². The summed E-state index contributed by atoms with van der Waals surface area (Å²) in [6, 6.07) is 0.558. The zero-order valence-electron chi connectivity index (χ0n) is 16.1. The highest BCUT2D eigenvalue weighted by molar-refractivity contribution is 5.76. The van der Waals surface area contributed by atoms with E-state index in [9.17, 15) is 0 Å². The number of anilines is 3. The second-order valence-corrected chi connectivity index (χ2v) is 9.68. The lowest BCUT2D eigenvalue weighted by atomic mass is 9.65. The van der Waals surface area contributed by atoms with Crippen molar-refractivity contribution in [2.24, 2.45) is 10.8 Å². The first-order valence-corrected chi connectivity index (χ1v) is 9.99. The quantitative estimate of drug-likeness (QED) is 0.884. The standard InChI is InChI=1S/C20H33N5/c1-19(2)10-15-11-20(3,12-19)13-25(15)18-16(21)17(22-14-23-18)24-8-6-4-5-7-9-24/h14-15H,4-13,21H2,1-3H3. The SMILES string of the molecule is CC1(C)CC2CC(C)(CN2c2ncnc(N3CCCCCC3)c2N)C1. The Hall–Kier alpha value is -1.52. The largest absolute Gasteiger partial charge is 0.393 e. The van der Waals surface area contributed by atoms with Gasteiger partial charge in [0.2, 0.25) is 0 Å². The van der Waals surface area contributed by atoms with Gasteiger partial charge in [-0.1, -0.05) is 33.6 Å². The molecule has 138 valence electrons. The average molecular weight is 344 g/mol. The van der Waals surface area contributed by atoms with Crippen LogP contribution >= 0.6 is 0 Å². The smallest absolute Gasteiger partial charge is 0.157 e. The van der Waals surface area contributed by atoms with Crippen LogP contribution in [-0.4, -0.2) is 35.6 Å². The van der Waals surface area contributed by atoms with Crippen molar-refractivity contribution in [3.63, 3.8) is 0 Å². The summed E-state index contributed by atoms with van der Waals surface area (Å²) in [6.07, 6.45) is 10.6. The molecule has 4 rings (SSSR count). The van der Waals surface area contributed by atoms with Crippen LogP contribution in [0.15, 0.2) is 6.33 Å². The van der Waals surface area contributed by atoms with Crippen LogP contribution < -0.4 is 15.5 Å². The summed E-state index contributed by atoms with van der Waals surface area (Å²) in [5.41, 5.74) is 8.21. The predicted molar refractivity (Wildman–Crippen MR) is 104 cm³/mol. The highest BCUT2D eigenvalue weighted by Gasteiger charge is 2.50. The van der Waals surface area contributed by atoms with Crippen LogP contribution in [0.3, 0.4) is 0 Å². The minimum atomic E-state index is 0.382. The molecule has 25 heavy (non-hydrogen) atoms. The van der Waals surface area contributed by atoms with Gasteiger partial charge in [-0.25, -0.2) is 9.97 Å². The van der Waals surface area contributed by atoms with Crippen LogP contribution in [0.1, 0.15) is 65.7 Å². The molecule has 2 aliphatic heterocycles. The molecule has 2 saturated heterocycles. The van der Waals surface area contributed by atoms with Gasteiger partial charge >= 0.3 is 0 Å². The van der Waals surface area contributed by atoms with Gasteiger partial charge in [0.05, 0.1) is 0 Å². The first-order valence-electron chi connectivity index (χ1n) is 9.99. The van der Waals surface area contributed by atoms with Gasteiger partial charge in [-0.15, -0.1) is 0 Å². The minimum absolute atomic E-state index is 0.382. The Bertz CT molecular complexity index is 635. The fourth-order valence-corrected chi connectivity index (χ4v) is 5.85. The van der Waals surface area contributed by atoms with E-state index < -0.39 is 0 Å². The van der Waals surface area contributed by atoms with Gasteiger partial charge < -0.3 is 15.5 Å². The predicted octanol–water partition coefficient (Wildman–Crippen LogP) is 3.84. The van der Waals surface area contributed by atoms with Crippen LogP contribution in [0.5, 0.6) is 0 Å². The van der Waals surface area contributed by atoms with E-state index in [4.69, 9.17) is 5.73 Å². The van der Waals surface area contributed by atoms with Crippen molar-refractivity contribution in [2.75, 3.05) is 35.2 Å². The van der Waals surface area contributed by atoms with Crippen LogP contribution in [0, 0.1) is 10.8 Å². The number of rotatable bonds is 2. The molecule has 2 unspecified atom stereocenters. The Morgan fingerprint density at radius 2 is 1.68 bits per heavy atom. The maximum atomic E-state index is 6.63. The molecule has 2 atom stereocenters. The maximum Gasteiger partial charge on any atom is 0.157 e. The molecular weight excluding hydrogens is 310 g/mol. The molecule has 2 bridgehead atoms. The summed E-state index contributed by atoms with van der Waals surface area (Å²) < 4.78 is 0. The van der Waals surface area contributed by atoms with E-state index in [0.717, 1.165) is 37.0 Å². The Morgan fingerprint density at radius 3 is 2.40 bits per heavy atom. The summed E-state index contributed by atoms with van der Waals surface area (Å²) in [6.45, 7) is 10.5. The van der Waals surface area contributed by atoms with Crippen molar-refractivity contribution in [1.82, 2.24) is 9.97 Å².